The van der Waals surface area contributed by atoms with Gasteiger partial charge in [0.15, 0.2) is 0 Å². The van der Waals surface area contributed by atoms with E-state index in [1.165, 1.54) is 14.2 Å². The normalized spacial score (nSPS) is 11.9. The molecule has 6 nitrogen and oxygen atoms in total. The number of hydroxylamine groups is 2. The number of carboxylic acid groups (broad SMARTS) is 1. The average Bonchev–Trinajstić information content (AvgIpc) is 2.52. The summed E-state index contributed by atoms with van der Waals surface area (Å²) >= 11 is 0. The number of nitrogens with one attached hydrogen (secondary N) is 1. The van der Waals surface area contributed by atoms with Gasteiger partial charge in [-0.1, -0.05) is 42.5 Å². The van der Waals surface area contributed by atoms with Gasteiger partial charge in [-0.2, -0.15) is 0 Å². The minimum Gasteiger partial charge on any atom is -0.465 e. The molecule has 2 aromatic carbocycles. The Morgan fingerprint density at radius 1 is 1.23 bits per heavy atom. The molecule has 0 spiro atoms. The molecule has 0 fully saturated rings. The summed E-state index contributed by atoms with van der Waals surface area (Å²) in [6, 6.07) is 12.7. The van der Waals surface area contributed by atoms with Crippen LogP contribution < -0.4 is 5.32 Å². The van der Waals surface area contributed by atoms with Crippen LogP contribution in [-0.4, -0.2) is 42.4 Å². The van der Waals surface area contributed by atoms with Gasteiger partial charge in [0.25, 0.3) is 5.91 Å². The van der Waals surface area contributed by atoms with E-state index < -0.39 is 18.0 Å². The smallest absolute Gasteiger partial charge is 0.405 e. The van der Waals surface area contributed by atoms with Crippen LogP contribution in [0.5, 0.6) is 0 Å². The van der Waals surface area contributed by atoms with Crippen molar-refractivity contribution in [3.05, 3.63) is 48.0 Å². The molecule has 0 bridgehead atoms. The standard InChI is InChI=1S/C16H18N2O4/c1-18(22-2)15(19)14(17-16(20)21)10-11-7-8-12-5-3-4-6-13(12)9-11/h3-9,14,17H,10H2,1-2H3,(H,20,21). The van der Waals surface area contributed by atoms with Gasteiger partial charge in [0, 0.05) is 13.5 Å². The van der Waals surface area contributed by atoms with Crippen LogP contribution >= 0.6 is 0 Å². The molecule has 0 saturated heterocycles. The van der Waals surface area contributed by atoms with Gasteiger partial charge in [-0.25, -0.2) is 9.86 Å². The maximum Gasteiger partial charge on any atom is 0.405 e. The van der Waals surface area contributed by atoms with Crippen LogP contribution in [0.3, 0.4) is 0 Å². The molecule has 0 aliphatic carbocycles. The molecule has 0 radical (unpaired) electrons. The quantitative estimate of drug-likeness (QED) is 0.828. The Morgan fingerprint density at radius 3 is 2.55 bits per heavy atom. The van der Waals surface area contributed by atoms with Crippen molar-refractivity contribution in [3.63, 3.8) is 0 Å². The highest BCUT2D eigenvalue weighted by molar-refractivity contribution is 5.86. The van der Waals surface area contributed by atoms with Gasteiger partial charge in [0.2, 0.25) is 0 Å². The van der Waals surface area contributed by atoms with Crippen molar-refractivity contribution in [2.45, 2.75) is 12.5 Å². The number of amides is 2. The van der Waals surface area contributed by atoms with Crippen LogP contribution in [0.1, 0.15) is 5.56 Å². The van der Waals surface area contributed by atoms with Crippen molar-refractivity contribution in [2.24, 2.45) is 0 Å². The number of carbonyl (C=O) groups excluding carboxylic acids is 1. The fourth-order valence-corrected chi connectivity index (χ4v) is 2.26. The Balaban J connectivity index is 2.24. The lowest BCUT2D eigenvalue weighted by molar-refractivity contribution is -0.170. The van der Waals surface area contributed by atoms with Gasteiger partial charge in [-0.15, -0.1) is 0 Å². The lowest BCUT2D eigenvalue weighted by Gasteiger charge is -2.21. The number of fused-ring (bicyclic) bond motifs is 1. The highest BCUT2D eigenvalue weighted by Gasteiger charge is 2.24. The van der Waals surface area contributed by atoms with Crippen molar-refractivity contribution in [3.8, 4) is 0 Å². The van der Waals surface area contributed by atoms with E-state index in [0.717, 1.165) is 21.4 Å². The van der Waals surface area contributed by atoms with Gasteiger partial charge >= 0.3 is 6.09 Å². The average molecular weight is 302 g/mol. The zero-order valence-corrected chi connectivity index (χ0v) is 12.4. The zero-order valence-electron chi connectivity index (χ0n) is 12.4. The van der Waals surface area contributed by atoms with Gasteiger partial charge in [0.1, 0.15) is 6.04 Å². The molecule has 6 heteroatoms. The fourth-order valence-electron chi connectivity index (χ4n) is 2.26. The molecule has 0 aliphatic rings. The Bertz CT molecular complexity index is 687. The molecule has 0 aromatic heterocycles. The van der Waals surface area contributed by atoms with E-state index in [2.05, 4.69) is 5.32 Å². The number of likely N-dealkylation sites (N-methyl/N-ethyl adjacent to an activating group) is 1. The highest BCUT2D eigenvalue weighted by atomic mass is 16.7. The summed E-state index contributed by atoms with van der Waals surface area (Å²) in [4.78, 5) is 27.9. The highest BCUT2D eigenvalue weighted by Crippen LogP contribution is 2.17. The van der Waals surface area contributed by atoms with E-state index in [9.17, 15) is 9.59 Å². The first-order chi connectivity index (χ1) is 10.5. The van der Waals surface area contributed by atoms with Crippen molar-refractivity contribution >= 4 is 22.8 Å². The summed E-state index contributed by atoms with van der Waals surface area (Å²) in [5.74, 6) is -0.446. The molecule has 2 amide bonds. The second-order valence-corrected chi connectivity index (χ2v) is 4.91. The van der Waals surface area contributed by atoms with Crippen LogP contribution in [-0.2, 0) is 16.1 Å². The minimum atomic E-state index is -1.25. The first kappa shape index (κ1) is 15.8. The van der Waals surface area contributed by atoms with Gasteiger partial charge in [-0.3, -0.25) is 9.63 Å². The van der Waals surface area contributed by atoms with Crippen LogP contribution in [0.2, 0.25) is 0 Å². The van der Waals surface area contributed by atoms with Crippen molar-refractivity contribution in [2.75, 3.05) is 14.2 Å². The monoisotopic (exact) mass is 302 g/mol. The Morgan fingerprint density at radius 2 is 1.91 bits per heavy atom. The van der Waals surface area contributed by atoms with Gasteiger partial charge < -0.3 is 10.4 Å². The third kappa shape index (κ3) is 3.73. The number of benzene rings is 2. The number of carbonyl (C=O) groups is 2. The SMILES string of the molecule is CON(C)C(=O)C(Cc1ccc2ccccc2c1)NC(=O)O. The molecular formula is C16H18N2O4. The number of rotatable bonds is 5. The maximum atomic E-state index is 12.2. The molecule has 0 heterocycles. The van der Waals surface area contributed by atoms with E-state index in [1.807, 2.05) is 42.5 Å². The van der Waals surface area contributed by atoms with E-state index in [1.54, 1.807) is 0 Å². The largest absolute Gasteiger partial charge is 0.465 e. The van der Waals surface area contributed by atoms with Crippen LogP contribution in [0, 0.1) is 0 Å². The fraction of sp³-hybridized carbons (Fsp3) is 0.250. The van der Waals surface area contributed by atoms with Crippen molar-refractivity contribution in [1.29, 1.82) is 0 Å². The van der Waals surface area contributed by atoms with Gasteiger partial charge in [-0.05, 0) is 16.3 Å². The molecule has 116 valence electrons. The van der Waals surface area contributed by atoms with Crippen LogP contribution in [0.15, 0.2) is 42.5 Å². The van der Waals surface area contributed by atoms with E-state index in [-0.39, 0.29) is 6.42 Å². The summed E-state index contributed by atoms with van der Waals surface area (Å²) in [5.41, 5.74) is 0.871. The van der Waals surface area contributed by atoms with E-state index >= 15 is 0 Å². The van der Waals surface area contributed by atoms with Crippen LogP contribution in [0.4, 0.5) is 4.79 Å². The first-order valence-electron chi connectivity index (χ1n) is 6.80. The molecule has 1 atom stereocenters. The number of hydrogen-bond acceptors (Lipinski definition) is 3. The summed E-state index contributed by atoms with van der Waals surface area (Å²) in [6.45, 7) is 0. The number of hydrogen-bond donors (Lipinski definition) is 2. The summed E-state index contributed by atoms with van der Waals surface area (Å²) < 4.78 is 0. The Kier molecular flexibility index (Phi) is 4.95. The lowest BCUT2D eigenvalue weighted by Crippen LogP contribution is -2.47. The predicted octanol–water partition coefficient (Wildman–Crippen LogP) is 2.04. The molecule has 2 aromatic rings. The Labute approximate surface area is 128 Å². The Hall–Kier alpha value is -2.60. The van der Waals surface area contributed by atoms with Crippen molar-refractivity contribution < 1.29 is 19.5 Å². The molecular weight excluding hydrogens is 284 g/mol. The summed E-state index contributed by atoms with van der Waals surface area (Å²) in [5, 5.41) is 14.3. The minimum absolute atomic E-state index is 0.254. The maximum absolute atomic E-state index is 12.2. The summed E-state index contributed by atoms with van der Waals surface area (Å²) in [7, 11) is 2.80. The van der Waals surface area contributed by atoms with Crippen LogP contribution in [0.25, 0.3) is 10.8 Å². The predicted molar refractivity (Wildman–Crippen MR) is 82.4 cm³/mol. The third-order valence-corrected chi connectivity index (χ3v) is 3.43. The number of nitrogens with zero attached hydrogens (tertiary/aromatic N) is 1. The molecule has 2 N–H and O–H groups in total. The second-order valence-electron chi connectivity index (χ2n) is 4.91. The van der Waals surface area contributed by atoms with E-state index in [0.29, 0.717) is 0 Å². The van der Waals surface area contributed by atoms with Gasteiger partial charge in [0.05, 0.1) is 7.11 Å². The summed E-state index contributed by atoms with van der Waals surface area (Å²) in [6.07, 6.45) is -0.993. The first-order valence-corrected chi connectivity index (χ1v) is 6.80. The van der Waals surface area contributed by atoms with E-state index in [4.69, 9.17) is 9.94 Å². The third-order valence-electron chi connectivity index (χ3n) is 3.43. The topological polar surface area (TPSA) is 78.9 Å². The molecule has 2 rings (SSSR count). The second kappa shape index (κ2) is 6.91. The zero-order chi connectivity index (χ0) is 16.1. The molecule has 1 unspecified atom stereocenters. The molecule has 0 aliphatic heterocycles. The lowest BCUT2D eigenvalue weighted by atomic mass is 10.0. The van der Waals surface area contributed by atoms with Crippen molar-refractivity contribution in [1.82, 2.24) is 10.4 Å². The molecule has 0 saturated carbocycles. The molecule has 22 heavy (non-hydrogen) atoms.